The van der Waals surface area contributed by atoms with E-state index in [1.165, 1.54) is 5.69 Å². The van der Waals surface area contributed by atoms with Crippen molar-refractivity contribution < 1.29 is 9.59 Å². The summed E-state index contributed by atoms with van der Waals surface area (Å²) >= 11 is 0. The molecule has 162 valence electrons. The lowest BCUT2D eigenvalue weighted by Gasteiger charge is -2.36. The third-order valence-corrected chi connectivity index (χ3v) is 5.63. The van der Waals surface area contributed by atoms with Crippen LogP contribution in [0.15, 0.2) is 90.5 Å². The van der Waals surface area contributed by atoms with Gasteiger partial charge in [-0.3, -0.25) is 9.59 Å². The van der Waals surface area contributed by atoms with Crippen molar-refractivity contribution >= 4 is 29.3 Å². The number of piperazine rings is 1. The van der Waals surface area contributed by atoms with Crippen LogP contribution in [0.2, 0.25) is 0 Å². The molecule has 1 saturated heterocycles. The summed E-state index contributed by atoms with van der Waals surface area (Å²) in [7, 11) is 0. The molecule has 2 amide bonds. The van der Waals surface area contributed by atoms with Crippen molar-refractivity contribution in [2.24, 2.45) is 0 Å². The molecule has 1 aliphatic rings. The van der Waals surface area contributed by atoms with Gasteiger partial charge in [0.15, 0.2) is 0 Å². The van der Waals surface area contributed by atoms with E-state index in [0.717, 1.165) is 18.7 Å². The van der Waals surface area contributed by atoms with E-state index in [4.69, 9.17) is 0 Å². The lowest BCUT2D eigenvalue weighted by atomic mass is 10.1. The number of benzene rings is 3. The second-order valence-electron chi connectivity index (χ2n) is 7.85. The fourth-order valence-electron chi connectivity index (χ4n) is 3.84. The molecule has 0 aliphatic carbocycles. The Balaban J connectivity index is 1.43. The number of hydrogen-bond acceptors (Lipinski definition) is 3. The van der Waals surface area contributed by atoms with Gasteiger partial charge in [0.1, 0.15) is 0 Å². The minimum absolute atomic E-state index is 0.0571. The van der Waals surface area contributed by atoms with Gasteiger partial charge < -0.3 is 15.1 Å². The van der Waals surface area contributed by atoms with Crippen LogP contribution in [-0.2, 0) is 4.79 Å². The fourth-order valence-corrected chi connectivity index (χ4v) is 3.84. The Morgan fingerprint density at radius 2 is 1.38 bits per heavy atom. The molecule has 0 bridgehead atoms. The summed E-state index contributed by atoms with van der Waals surface area (Å²) in [4.78, 5) is 30.1. The van der Waals surface area contributed by atoms with Crippen LogP contribution < -0.4 is 10.2 Å². The molecule has 1 heterocycles. The van der Waals surface area contributed by atoms with Crippen molar-refractivity contribution in [2.45, 2.75) is 6.92 Å². The van der Waals surface area contributed by atoms with E-state index in [1.54, 1.807) is 19.1 Å². The Morgan fingerprint density at radius 3 is 2.06 bits per heavy atom. The van der Waals surface area contributed by atoms with Crippen LogP contribution in [0.1, 0.15) is 22.8 Å². The zero-order valence-corrected chi connectivity index (χ0v) is 18.2. The third kappa shape index (κ3) is 5.06. The molecule has 0 saturated carbocycles. The van der Waals surface area contributed by atoms with Gasteiger partial charge in [0, 0.05) is 37.4 Å². The van der Waals surface area contributed by atoms with E-state index in [1.807, 2.05) is 71.6 Å². The first-order chi connectivity index (χ1) is 15.6. The molecule has 3 aromatic rings. The van der Waals surface area contributed by atoms with Crippen LogP contribution in [0.25, 0.3) is 6.08 Å². The average Bonchev–Trinajstić information content (AvgIpc) is 2.85. The van der Waals surface area contributed by atoms with E-state index in [0.29, 0.717) is 29.9 Å². The predicted octanol–water partition coefficient (Wildman–Crippen LogP) is 4.69. The number of nitrogens with one attached hydrogen (secondary N) is 1. The monoisotopic (exact) mass is 425 g/mol. The highest BCUT2D eigenvalue weighted by molar-refractivity contribution is 6.10. The number of hydrogen-bond donors (Lipinski definition) is 1. The molecule has 0 radical (unpaired) electrons. The van der Waals surface area contributed by atoms with Crippen LogP contribution in [0.5, 0.6) is 0 Å². The second kappa shape index (κ2) is 9.96. The lowest BCUT2D eigenvalue weighted by molar-refractivity contribution is -0.112. The minimum atomic E-state index is -0.219. The summed E-state index contributed by atoms with van der Waals surface area (Å²) in [6, 6.07) is 27.2. The molecule has 32 heavy (non-hydrogen) atoms. The van der Waals surface area contributed by atoms with Gasteiger partial charge in [0.05, 0.1) is 11.3 Å². The highest BCUT2D eigenvalue weighted by Gasteiger charge is 2.24. The maximum Gasteiger partial charge on any atom is 0.256 e. The van der Waals surface area contributed by atoms with Gasteiger partial charge in [-0.25, -0.2) is 0 Å². The Bertz CT molecular complexity index is 1100. The summed E-state index contributed by atoms with van der Waals surface area (Å²) in [5, 5.41) is 2.92. The van der Waals surface area contributed by atoms with Crippen LogP contribution in [0, 0.1) is 0 Å². The summed E-state index contributed by atoms with van der Waals surface area (Å²) in [5.41, 5.74) is 3.76. The minimum Gasteiger partial charge on any atom is -0.368 e. The smallest absolute Gasteiger partial charge is 0.256 e. The highest BCUT2D eigenvalue weighted by atomic mass is 16.2. The lowest BCUT2D eigenvalue weighted by Crippen LogP contribution is -2.48. The van der Waals surface area contributed by atoms with Crippen LogP contribution in [-0.4, -0.2) is 42.9 Å². The normalized spacial score (nSPS) is 14.2. The molecule has 1 fully saturated rings. The Kier molecular flexibility index (Phi) is 6.66. The van der Waals surface area contributed by atoms with Crippen LogP contribution in [0.4, 0.5) is 11.4 Å². The molecule has 0 atom stereocenters. The molecule has 5 nitrogen and oxygen atoms in total. The van der Waals surface area contributed by atoms with E-state index in [-0.39, 0.29) is 11.8 Å². The Hall–Kier alpha value is -3.86. The Labute approximate surface area is 189 Å². The summed E-state index contributed by atoms with van der Waals surface area (Å²) in [6.45, 7) is 4.62. The van der Waals surface area contributed by atoms with Crippen molar-refractivity contribution in [2.75, 3.05) is 36.4 Å². The van der Waals surface area contributed by atoms with E-state index >= 15 is 0 Å². The fraction of sp³-hybridized carbons (Fsp3) is 0.185. The van der Waals surface area contributed by atoms with Gasteiger partial charge in [0.2, 0.25) is 0 Å². The van der Waals surface area contributed by atoms with Gasteiger partial charge in [0.25, 0.3) is 11.8 Å². The number of carbonyl (C=O) groups excluding carboxylic acids is 2. The molecule has 0 aromatic heterocycles. The van der Waals surface area contributed by atoms with Crippen molar-refractivity contribution in [1.29, 1.82) is 0 Å². The van der Waals surface area contributed by atoms with Crippen LogP contribution >= 0.6 is 0 Å². The largest absolute Gasteiger partial charge is 0.368 e. The van der Waals surface area contributed by atoms with Gasteiger partial charge in [-0.15, -0.1) is 0 Å². The van der Waals surface area contributed by atoms with Crippen molar-refractivity contribution in [3.8, 4) is 0 Å². The van der Waals surface area contributed by atoms with Gasteiger partial charge >= 0.3 is 0 Å². The molecule has 1 N–H and O–H groups in total. The van der Waals surface area contributed by atoms with E-state index in [9.17, 15) is 9.59 Å². The topological polar surface area (TPSA) is 52.7 Å². The highest BCUT2D eigenvalue weighted by Crippen LogP contribution is 2.21. The zero-order chi connectivity index (χ0) is 22.3. The first-order valence-electron chi connectivity index (χ1n) is 10.8. The number of anilines is 2. The molecule has 1 aliphatic heterocycles. The second-order valence-corrected chi connectivity index (χ2v) is 7.85. The van der Waals surface area contributed by atoms with Gasteiger partial charge in [-0.1, -0.05) is 60.7 Å². The number of nitrogens with zero attached hydrogens (tertiary/aromatic N) is 2. The molecular weight excluding hydrogens is 398 g/mol. The van der Waals surface area contributed by atoms with Crippen molar-refractivity contribution in [3.63, 3.8) is 0 Å². The summed E-state index contributed by atoms with van der Waals surface area (Å²) < 4.78 is 0. The first kappa shape index (κ1) is 21.4. The third-order valence-electron chi connectivity index (χ3n) is 5.63. The molecule has 3 aromatic carbocycles. The SMILES string of the molecule is C/C(=C\c1ccccc1)C(=O)Nc1ccccc1C(=O)N1CCN(c2ccccc2)CC1. The average molecular weight is 426 g/mol. The number of carbonyl (C=O) groups is 2. The van der Waals surface area contributed by atoms with Crippen LogP contribution in [0.3, 0.4) is 0 Å². The molecule has 5 heteroatoms. The molecule has 0 spiro atoms. The maximum absolute atomic E-state index is 13.2. The predicted molar refractivity (Wildman–Crippen MR) is 130 cm³/mol. The number of para-hydroxylation sites is 2. The maximum atomic E-state index is 13.2. The number of rotatable bonds is 5. The molecular formula is C27H27N3O2. The van der Waals surface area contributed by atoms with E-state index in [2.05, 4.69) is 22.3 Å². The molecule has 0 unspecified atom stereocenters. The van der Waals surface area contributed by atoms with Gasteiger partial charge in [-0.05, 0) is 42.8 Å². The zero-order valence-electron chi connectivity index (χ0n) is 18.2. The first-order valence-corrected chi connectivity index (χ1v) is 10.8. The molecule has 4 rings (SSSR count). The Morgan fingerprint density at radius 1 is 0.781 bits per heavy atom. The van der Waals surface area contributed by atoms with Crippen molar-refractivity contribution in [3.05, 3.63) is 102 Å². The van der Waals surface area contributed by atoms with Crippen molar-refractivity contribution in [1.82, 2.24) is 4.90 Å². The standard InChI is InChI=1S/C27H27N3O2/c1-21(20-22-10-4-2-5-11-22)26(31)28-25-15-9-8-14-24(25)27(32)30-18-16-29(17-19-30)23-12-6-3-7-13-23/h2-15,20H,16-19H2,1H3,(H,28,31)/b21-20+. The quantitative estimate of drug-likeness (QED) is 0.604. The van der Waals surface area contributed by atoms with E-state index < -0.39 is 0 Å². The summed E-state index contributed by atoms with van der Waals surface area (Å²) in [6.07, 6.45) is 1.84. The number of amides is 2. The summed E-state index contributed by atoms with van der Waals surface area (Å²) in [5.74, 6) is -0.277. The van der Waals surface area contributed by atoms with Gasteiger partial charge in [-0.2, -0.15) is 0 Å².